The molecule has 0 saturated heterocycles. The fraction of sp³-hybridized carbons (Fsp3) is 0.391. The molecule has 2 rings (SSSR count). The number of benzene rings is 2. The van der Waals surface area contributed by atoms with Gasteiger partial charge in [-0.2, -0.15) is 0 Å². The number of hydrogen-bond acceptors (Lipinski definition) is 3. The molecule has 0 aliphatic carbocycles. The van der Waals surface area contributed by atoms with Gasteiger partial charge in [0.2, 0.25) is 5.91 Å². The van der Waals surface area contributed by atoms with Crippen molar-refractivity contribution in [3.8, 4) is 5.75 Å². The van der Waals surface area contributed by atoms with Gasteiger partial charge in [0.25, 0.3) is 5.91 Å². The van der Waals surface area contributed by atoms with Gasteiger partial charge >= 0.3 is 0 Å². The third kappa shape index (κ3) is 6.12. The van der Waals surface area contributed by atoms with E-state index < -0.39 is 0 Å². The average molecular weight is 383 g/mol. The van der Waals surface area contributed by atoms with Gasteiger partial charge < -0.3 is 15.4 Å². The van der Waals surface area contributed by atoms with Crippen LogP contribution >= 0.6 is 0 Å². The Morgan fingerprint density at radius 2 is 1.75 bits per heavy atom. The normalized spacial score (nSPS) is 11.8. The van der Waals surface area contributed by atoms with Crippen LogP contribution in [0.1, 0.15) is 50.0 Å². The fourth-order valence-electron chi connectivity index (χ4n) is 2.81. The van der Waals surface area contributed by atoms with Crippen LogP contribution < -0.4 is 15.4 Å². The number of carbonyl (C=O) groups excluding carboxylic acids is 2. The van der Waals surface area contributed by atoms with Crippen LogP contribution in [0.25, 0.3) is 0 Å². The molecular weight excluding hydrogens is 352 g/mol. The molecule has 0 bridgehead atoms. The highest BCUT2D eigenvalue weighted by Crippen LogP contribution is 2.24. The topological polar surface area (TPSA) is 67.4 Å². The third-order valence-electron chi connectivity index (χ3n) is 4.47. The summed E-state index contributed by atoms with van der Waals surface area (Å²) in [4.78, 5) is 25.0. The predicted octanol–water partition coefficient (Wildman–Crippen LogP) is 4.43. The lowest BCUT2D eigenvalue weighted by Crippen LogP contribution is -2.36. The molecule has 5 nitrogen and oxygen atoms in total. The summed E-state index contributed by atoms with van der Waals surface area (Å²) < 4.78 is 5.63. The summed E-state index contributed by atoms with van der Waals surface area (Å²) in [5.74, 6) is 0.0780. The molecule has 150 valence electrons. The Balaban J connectivity index is 2.19. The lowest BCUT2D eigenvalue weighted by atomic mass is 10.0. The molecule has 1 atom stereocenters. The Kier molecular flexibility index (Phi) is 8.05. The van der Waals surface area contributed by atoms with Crippen LogP contribution in [0.4, 0.5) is 5.69 Å². The van der Waals surface area contributed by atoms with E-state index in [-0.39, 0.29) is 23.8 Å². The molecule has 2 N–H and O–H groups in total. The van der Waals surface area contributed by atoms with E-state index in [9.17, 15) is 9.59 Å². The third-order valence-corrected chi connectivity index (χ3v) is 4.47. The van der Waals surface area contributed by atoms with Crippen LogP contribution in [-0.4, -0.2) is 24.5 Å². The molecule has 2 aromatic carbocycles. The zero-order valence-corrected chi connectivity index (χ0v) is 17.1. The largest absolute Gasteiger partial charge is 0.493 e. The molecule has 2 aromatic rings. The lowest BCUT2D eigenvalue weighted by molar-refractivity contribution is -0.118. The molecule has 0 aliphatic rings. The van der Waals surface area contributed by atoms with E-state index in [2.05, 4.69) is 29.7 Å². The van der Waals surface area contributed by atoms with Gasteiger partial charge in [0, 0.05) is 17.6 Å². The molecule has 28 heavy (non-hydrogen) atoms. The standard InChI is InChI=1S/C23H30N2O3/c1-5-18(14-17-10-8-7-9-11-17)24-23(27)20-15-19(25-22(26)16(3)4)12-13-21(20)28-6-2/h7-13,15-16,18H,5-6,14H2,1-4H3,(H,24,27)(H,25,26). The number of amides is 2. The van der Waals surface area contributed by atoms with Crippen molar-refractivity contribution in [2.45, 2.75) is 46.6 Å². The van der Waals surface area contributed by atoms with Gasteiger partial charge in [-0.15, -0.1) is 0 Å². The Bertz CT molecular complexity index is 788. The highest BCUT2D eigenvalue weighted by atomic mass is 16.5. The van der Waals surface area contributed by atoms with Crippen LogP contribution in [0.5, 0.6) is 5.75 Å². The van der Waals surface area contributed by atoms with Crippen molar-refractivity contribution in [2.75, 3.05) is 11.9 Å². The van der Waals surface area contributed by atoms with Crippen LogP contribution in [0, 0.1) is 5.92 Å². The summed E-state index contributed by atoms with van der Waals surface area (Å²) in [7, 11) is 0. The molecule has 0 saturated carbocycles. The van der Waals surface area contributed by atoms with Gasteiger partial charge in [-0.05, 0) is 43.5 Å². The van der Waals surface area contributed by atoms with Gasteiger partial charge in [-0.1, -0.05) is 51.1 Å². The quantitative estimate of drug-likeness (QED) is 0.674. The molecule has 0 aliphatic heterocycles. The molecule has 1 unspecified atom stereocenters. The van der Waals surface area contributed by atoms with E-state index in [1.807, 2.05) is 39.0 Å². The minimum Gasteiger partial charge on any atom is -0.493 e. The number of rotatable bonds is 9. The number of hydrogen-bond donors (Lipinski definition) is 2. The average Bonchev–Trinajstić information content (AvgIpc) is 2.69. The van der Waals surface area contributed by atoms with Gasteiger partial charge in [0.1, 0.15) is 5.75 Å². The minimum atomic E-state index is -0.202. The van der Waals surface area contributed by atoms with Crippen molar-refractivity contribution in [1.29, 1.82) is 0 Å². The van der Waals surface area contributed by atoms with E-state index in [0.29, 0.717) is 23.6 Å². The van der Waals surface area contributed by atoms with Crippen molar-refractivity contribution >= 4 is 17.5 Å². The van der Waals surface area contributed by atoms with Crippen LogP contribution in [0.3, 0.4) is 0 Å². The molecule has 0 fully saturated rings. The van der Waals surface area contributed by atoms with E-state index in [1.54, 1.807) is 18.2 Å². The Morgan fingerprint density at radius 1 is 1.04 bits per heavy atom. The van der Waals surface area contributed by atoms with Crippen molar-refractivity contribution in [3.63, 3.8) is 0 Å². The van der Waals surface area contributed by atoms with Crippen molar-refractivity contribution in [2.24, 2.45) is 5.92 Å². The highest BCUT2D eigenvalue weighted by molar-refractivity contribution is 6.00. The molecule has 2 amide bonds. The fourth-order valence-corrected chi connectivity index (χ4v) is 2.81. The zero-order chi connectivity index (χ0) is 20.5. The summed E-state index contributed by atoms with van der Waals surface area (Å²) >= 11 is 0. The van der Waals surface area contributed by atoms with Gasteiger partial charge in [-0.3, -0.25) is 9.59 Å². The molecule has 0 heterocycles. The number of anilines is 1. The lowest BCUT2D eigenvalue weighted by Gasteiger charge is -2.19. The smallest absolute Gasteiger partial charge is 0.255 e. The first-order valence-corrected chi connectivity index (χ1v) is 9.87. The molecular formula is C23H30N2O3. The van der Waals surface area contributed by atoms with Crippen LogP contribution in [0.15, 0.2) is 48.5 Å². The Hall–Kier alpha value is -2.82. The van der Waals surface area contributed by atoms with Crippen molar-refractivity contribution < 1.29 is 14.3 Å². The van der Waals surface area contributed by atoms with Gasteiger partial charge in [0.05, 0.1) is 12.2 Å². The van der Waals surface area contributed by atoms with Crippen LogP contribution in [0.2, 0.25) is 0 Å². The van der Waals surface area contributed by atoms with E-state index in [1.165, 1.54) is 5.56 Å². The monoisotopic (exact) mass is 382 g/mol. The first-order valence-electron chi connectivity index (χ1n) is 9.87. The Morgan fingerprint density at radius 3 is 2.36 bits per heavy atom. The maximum atomic E-state index is 13.0. The predicted molar refractivity (Wildman–Crippen MR) is 113 cm³/mol. The SMILES string of the molecule is CCOc1ccc(NC(=O)C(C)C)cc1C(=O)NC(CC)Cc1ccccc1. The van der Waals surface area contributed by atoms with E-state index >= 15 is 0 Å². The molecule has 5 heteroatoms. The number of carbonyl (C=O) groups is 2. The summed E-state index contributed by atoms with van der Waals surface area (Å²) in [6, 6.07) is 15.3. The van der Waals surface area contributed by atoms with E-state index in [4.69, 9.17) is 4.74 Å². The Labute approximate surface area is 167 Å². The summed E-state index contributed by atoms with van der Waals surface area (Å²) in [6.07, 6.45) is 1.57. The van der Waals surface area contributed by atoms with Crippen molar-refractivity contribution in [3.05, 3.63) is 59.7 Å². The second kappa shape index (κ2) is 10.5. The maximum Gasteiger partial charge on any atom is 0.255 e. The minimum absolute atomic E-state index is 0.0123. The summed E-state index contributed by atoms with van der Waals surface area (Å²) in [6.45, 7) is 8.04. The first-order chi connectivity index (χ1) is 13.4. The number of nitrogens with one attached hydrogen (secondary N) is 2. The van der Waals surface area contributed by atoms with E-state index in [0.717, 1.165) is 12.8 Å². The summed E-state index contributed by atoms with van der Waals surface area (Å²) in [5.41, 5.74) is 2.19. The second-order valence-corrected chi connectivity index (χ2v) is 7.06. The molecule has 0 spiro atoms. The first kappa shape index (κ1) is 21.5. The van der Waals surface area contributed by atoms with Gasteiger partial charge in [0.15, 0.2) is 0 Å². The number of ether oxygens (including phenoxy) is 1. The second-order valence-electron chi connectivity index (χ2n) is 7.06. The molecule has 0 aromatic heterocycles. The highest BCUT2D eigenvalue weighted by Gasteiger charge is 2.18. The zero-order valence-electron chi connectivity index (χ0n) is 17.1. The van der Waals surface area contributed by atoms with Crippen LogP contribution in [-0.2, 0) is 11.2 Å². The summed E-state index contributed by atoms with van der Waals surface area (Å²) in [5, 5.41) is 5.94. The molecule has 0 radical (unpaired) electrons. The maximum absolute atomic E-state index is 13.0. The van der Waals surface area contributed by atoms with Crippen molar-refractivity contribution in [1.82, 2.24) is 5.32 Å². The van der Waals surface area contributed by atoms with Gasteiger partial charge in [-0.25, -0.2) is 0 Å².